The van der Waals surface area contributed by atoms with Crippen LogP contribution in [0.4, 0.5) is 0 Å². The van der Waals surface area contributed by atoms with Crippen LogP contribution in [0.1, 0.15) is 10.4 Å². The molecule has 1 amide bonds. The quantitative estimate of drug-likeness (QED) is 0.846. The Balaban J connectivity index is 2.16. The summed E-state index contributed by atoms with van der Waals surface area (Å²) in [5, 5.41) is 3.10. The lowest BCUT2D eigenvalue weighted by Crippen LogP contribution is -2.57. The Hall–Kier alpha value is -1.40. The maximum Gasteiger partial charge on any atom is 0.253 e. The summed E-state index contributed by atoms with van der Waals surface area (Å²) in [5.41, 5.74) is 0.511. The number of carbonyl (C=O) groups is 1. The molecule has 1 heterocycles. The van der Waals surface area contributed by atoms with E-state index in [4.69, 9.17) is 0 Å². The van der Waals surface area contributed by atoms with Crippen molar-refractivity contribution in [2.75, 3.05) is 26.4 Å². The van der Waals surface area contributed by atoms with Crippen LogP contribution in [-0.4, -0.2) is 51.7 Å². The van der Waals surface area contributed by atoms with E-state index in [0.29, 0.717) is 5.56 Å². The van der Waals surface area contributed by atoms with E-state index < -0.39 is 9.84 Å². The van der Waals surface area contributed by atoms with Crippen LogP contribution in [0.15, 0.2) is 29.2 Å². The third-order valence-electron chi connectivity index (χ3n) is 3.16. The molecule has 1 fully saturated rings. The minimum Gasteiger partial charge on any atom is -0.336 e. The Morgan fingerprint density at radius 2 is 1.83 bits per heavy atom. The molecule has 0 bridgehead atoms. The molecule has 0 radical (unpaired) electrons. The molecule has 18 heavy (non-hydrogen) atoms. The normalized spacial score (nSPS) is 16.1. The Labute approximate surface area is 107 Å². The first-order chi connectivity index (χ1) is 8.39. The SMILES string of the molecule is CN(C(=O)c1ccc(S(C)(=O)=O)cc1)C1CNC1. The van der Waals surface area contributed by atoms with Crippen LogP contribution >= 0.6 is 0 Å². The molecule has 1 aliphatic rings. The van der Waals surface area contributed by atoms with E-state index in [0.717, 1.165) is 19.3 Å². The van der Waals surface area contributed by atoms with Crippen LogP contribution in [0, 0.1) is 0 Å². The lowest BCUT2D eigenvalue weighted by atomic mass is 10.1. The average Bonchev–Trinajstić information content (AvgIpc) is 2.24. The van der Waals surface area contributed by atoms with Crippen LogP contribution in [0.3, 0.4) is 0 Å². The maximum absolute atomic E-state index is 12.1. The predicted molar refractivity (Wildman–Crippen MR) is 68.3 cm³/mol. The Morgan fingerprint density at radius 3 is 2.22 bits per heavy atom. The van der Waals surface area contributed by atoms with Gasteiger partial charge in [0.05, 0.1) is 10.9 Å². The highest BCUT2D eigenvalue weighted by Crippen LogP contribution is 2.13. The summed E-state index contributed by atoms with van der Waals surface area (Å²) in [6.45, 7) is 1.62. The summed E-state index contributed by atoms with van der Waals surface area (Å²) in [7, 11) is -1.45. The first-order valence-electron chi connectivity index (χ1n) is 5.67. The fraction of sp³-hybridized carbons (Fsp3) is 0.417. The lowest BCUT2D eigenvalue weighted by Gasteiger charge is -2.35. The summed E-state index contributed by atoms with van der Waals surface area (Å²) in [6, 6.07) is 6.28. The van der Waals surface area contributed by atoms with Crippen molar-refractivity contribution in [3.63, 3.8) is 0 Å². The number of nitrogens with zero attached hydrogens (tertiary/aromatic N) is 1. The van der Waals surface area contributed by atoms with Crippen molar-refractivity contribution in [3.8, 4) is 0 Å². The van der Waals surface area contributed by atoms with Gasteiger partial charge >= 0.3 is 0 Å². The van der Waals surface area contributed by atoms with Crippen molar-refractivity contribution in [3.05, 3.63) is 29.8 Å². The van der Waals surface area contributed by atoms with Gasteiger partial charge in [-0.25, -0.2) is 8.42 Å². The fourth-order valence-corrected chi connectivity index (χ4v) is 2.39. The minimum atomic E-state index is -3.21. The van der Waals surface area contributed by atoms with Gasteiger partial charge in [-0.3, -0.25) is 4.79 Å². The number of benzene rings is 1. The second-order valence-electron chi connectivity index (χ2n) is 4.52. The molecule has 1 aromatic rings. The first kappa shape index (κ1) is 13.0. The highest BCUT2D eigenvalue weighted by Gasteiger charge is 2.25. The molecule has 98 valence electrons. The number of amides is 1. The molecule has 0 spiro atoms. The van der Waals surface area contributed by atoms with Gasteiger partial charge in [-0.15, -0.1) is 0 Å². The van der Waals surface area contributed by atoms with Crippen LogP contribution < -0.4 is 5.32 Å². The average molecular weight is 268 g/mol. The fourth-order valence-electron chi connectivity index (χ4n) is 1.76. The number of hydrogen-bond acceptors (Lipinski definition) is 4. The number of sulfone groups is 1. The van der Waals surface area contributed by atoms with Gasteiger partial charge < -0.3 is 10.2 Å². The molecular weight excluding hydrogens is 252 g/mol. The van der Waals surface area contributed by atoms with Crippen molar-refractivity contribution >= 4 is 15.7 Å². The standard InChI is InChI=1S/C12H16N2O3S/c1-14(10-7-13-8-10)12(15)9-3-5-11(6-4-9)18(2,16)17/h3-6,10,13H,7-8H2,1-2H3. The van der Waals surface area contributed by atoms with E-state index in [2.05, 4.69) is 5.32 Å². The monoisotopic (exact) mass is 268 g/mol. The molecular formula is C12H16N2O3S. The Bertz CT molecular complexity index is 547. The topological polar surface area (TPSA) is 66.5 Å². The zero-order valence-electron chi connectivity index (χ0n) is 10.4. The molecule has 1 aliphatic heterocycles. The van der Waals surface area contributed by atoms with Gasteiger partial charge in [-0.05, 0) is 24.3 Å². The van der Waals surface area contributed by atoms with E-state index >= 15 is 0 Å². The molecule has 0 saturated carbocycles. The van der Waals surface area contributed by atoms with Gasteiger partial charge in [-0.1, -0.05) is 0 Å². The second-order valence-corrected chi connectivity index (χ2v) is 6.54. The van der Waals surface area contributed by atoms with Crippen molar-refractivity contribution in [1.29, 1.82) is 0 Å². The summed E-state index contributed by atoms with van der Waals surface area (Å²) < 4.78 is 22.6. The predicted octanol–water partition coefficient (Wildman–Crippen LogP) is 0.134. The smallest absolute Gasteiger partial charge is 0.253 e. The molecule has 2 rings (SSSR count). The van der Waals surface area contributed by atoms with E-state index in [-0.39, 0.29) is 16.8 Å². The van der Waals surface area contributed by atoms with Gasteiger partial charge in [0.1, 0.15) is 0 Å². The van der Waals surface area contributed by atoms with Crippen molar-refractivity contribution in [1.82, 2.24) is 10.2 Å². The van der Waals surface area contributed by atoms with E-state index in [9.17, 15) is 13.2 Å². The van der Waals surface area contributed by atoms with E-state index in [1.54, 1.807) is 24.1 Å². The molecule has 0 atom stereocenters. The number of nitrogens with one attached hydrogen (secondary N) is 1. The molecule has 0 aromatic heterocycles. The van der Waals surface area contributed by atoms with Crippen LogP contribution in [0.25, 0.3) is 0 Å². The number of carbonyl (C=O) groups excluding carboxylic acids is 1. The van der Waals surface area contributed by atoms with Crippen molar-refractivity contribution in [2.24, 2.45) is 0 Å². The maximum atomic E-state index is 12.1. The van der Waals surface area contributed by atoms with Crippen LogP contribution in [-0.2, 0) is 9.84 Å². The van der Waals surface area contributed by atoms with E-state index in [1.165, 1.54) is 12.1 Å². The Kier molecular flexibility index (Phi) is 3.41. The van der Waals surface area contributed by atoms with Gasteiger partial charge in [0, 0.05) is 32.0 Å². The van der Waals surface area contributed by atoms with Crippen molar-refractivity contribution in [2.45, 2.75) is 10.9 Å². The van der Waals surface area contributed by atoms with Gasteiger partial charge in [0.15, 0.2) is 9.84 Å². The summed E-state index contributed by atoms with van der Waals surface area (Å²) in [4.78, 5) is 14.0. The molecule has 6 heteroatoms. The lowest BCUT2D eigenvalue weighted by molar-refractivity contribution is 0.0681. The minimum absolute atomic E-state index is 0.0819. The summed E-state index contributed by atoms with van der Waals surface area (Å²) in [5.74, 6) is -0.0819. The van der Waals surface area contributed by atoms with Gasteiger partial charge in [-0.2, -0.15) is 0 Å². The third-order valence-corrected chi connectivity index (χ3v) is 4.29. The zero-order chi connectivity index (χ0) is 13.3. The van der Waals surface area contributed by atoms with E-state index in [1.807, 2.05) is 0 Å². The van der Waals surface area contributed by atoms with Gasteiger partial charge in [0.25, 0.3) is 5.91 Å². The number of rotatable bonds is 3. The third kappa shape index (κ3) is 2.54. The second kappa shape index (κ2) is 4.70. The number of hydrogen-bond donors (Lipinski definition) is 1. The molecule has 1 N–H and O–H groups in total. The Morgan fingerprint density at radius 1 is 1.28 bits per heavy atom. The molecule has 1 saturated heterocycles. The van der Waals surface area contributed by atoms with Gasteiger partial charge in [0.2, 0.25) is 0 Å². The summed E-state index contributed by atoms with van der Waals surface area (Å²) in [6.07, 6.45) is 1.15. The molecule has 0 unspecified atom stereocenters. The molecule has 1 aromatic carbocycles. The largest absolute Gasteiger partial charge is 0.336 e. The highest BCUT2D eigenvalue weighted by atomic mass is 32.2. The molecule has 5 nitrogen and oxygen atoms in total. The number of likely N-dealkylation sites (N-methyl/N-ethyl adjacent to an activating group) is 1. The van der Waals surface area contributed by atoms with Crippen molar-refractivity contribution < 1.29 is 13.2 Å². The highest BCUT2D eigenvalue weighted by molar-refractivity contribution is 7.90. The summed E-state index contributed by atoms with van der Waals surface area (Å²) >= 11 is 0. The van der Waals surface area contributed by atoms with Crippen LogP contribution in [0.2, 0.25) is 0 Å². The molecule has 0 aliphatic carbocycles. The zero-order valence-corrected chi connectivity index (χ0v) is 11.2. The first-order valence-corrected chi connectivity index (χ1v) is 7.57. The van der Waals surface area contributed by atoms with Crippen LogP contribution in [0.5, 0.6) is 0 Å².